The number of hydrogen-bond acceptors (Lipinski definition) is 3. The summed E-state index contributed by atoms with van der Waals surface area (Å²) >= 11 is 0. The average molecular weight is 222 g/mol. The first-order valence-corrected chi connectivity index (χ1v) is 5.07. The third kappa shape index (κ3) is 1.60. The van der Waals surface area contributed by atoms with E-state index < -0.39 is 5.97 Å². The predicted octanol–water partition coefficient (Wildman–Crippen LogP) is 2.11. The summed E-state index contributed by atoms with van der Waals surface area (Å²) in [5, 5.41) is 9.09. The van der Waals surface area contributed by atoms with E-state index in [1.165, 1.54) is 0 Å². The maximum atomic E-state index is 11.1. The molecule has 0 spiro atoms. The fraction of sp³-hybridized carbons (Fsp3) is 0.417. The van der Waals surface area contributed by atoms with Gasteiger partial charge in [-0.15, -0.1) is 0 Å². The lowest BCUT2D eigenvalue weighted by molar-refractivity contribution is 0.0696. The molecule has 0 radical (unpaired) electrons. The van der Waals surface area contributed by atoms with Crippen LogP contribution < -0.4 is 9.47 Å². The minimum Gasteiger partial charge on any atom is -0.493 e. The first-order valence-electron chi connectivity index (χ1n) is 5.07. The Bertz CT molecular complexity index is 449. The summed E-state index contributed by atoms with van der Waals surface area (Å²) in [7, 11) is 1.55. The molecule has 0 aromatic heterocycles. The molecule has 0 saturated carbocycles. The van der Waals surface area contributed by atoms with Crippen LogP contribution in [-0.4, -0.2) is 23.8 Å². The summed E-state index contributed by atoms with van der Waals surface area (Å²) in [6.07, 6.45) is 0.584. The van der Waals surface area contributed by atoms with Crippen molar-refractivity contribution in [3.8, 4) is 11.5 Å². The highest BCUT2D eigenvalue weighted by Crippen LogP contribution is 2.43. The Morgan fingerprint density at radius 1 is 1.50 bits per heavy atom. The van der Waals surface area contributed by atoms with Crippen molar-refractivity contribution in [1.29, 1.82) is 0 Å². The second kappa shape index (κ2) is 3.40. The Hall–Kier alpha value is -1.71. The van der Waals surface area contributed by atoms with Crippen molar-refractivity contribution in [2.24, 2.45) is 0 Å². The van der Waals surface area contributed by atoms with Crippen LogP contribution in [0.5, 0.6) is 11.5 Å². The number of carboxylic acid groups (broad SMARTS) is 1. The van der Waals surface area contributed by atoms with Gasteiger partial charge in [0.1, 0.15) is 5.60 Å². The third-order valence-corrected chi connectivity index (χ3v) is 2.66. The number of rotatable bonds is 2. The highest BCUT2D eigenvalue weighted by atomic mass is 16.5. The van der Waals surface area contributed by atoms with E-state index >= 15 is 0 Å². The lowest BCUT2D eigenvalue weighted by atomic mass is 9.97. The van der Waals surface area contributed by atoms with E-state index in [0.717, 1.165) is 5.56 Å². The van der Waals surface area contributed by atoms with Gasteiger partial charge >= 0.3 is 5.97 Å². The molecule has 86 valence electrons. The van der Waals surface area contributed by atoms with E-state index in [-0.39, 0.29) is 5.60 Å². The summed E-state index contributed by atoms with van der Waals surface area (Å²) in [6, 6.07) is 3.19. The van der Waals surface area contributed by atoms with Gasteiger partial charge in [-0.25, -0.2) is 4.79 Å². The number of fused-ring (bicyclic) bond motifs is 1. The Morgan fingerprint density at radius 3 is 2.75 bits per heavy atom. The molecule has 2 rings (SSSR count). The monoisotopic (exact) mass is 222 g/mol. The molecular weight excluding hydrogens is 208 g/mol. The molecule has 0 fully saturated rings. The number of benzene rings is 1. The average Bonchev–Trinajstić information content (AvgIpc) is 2.50. The Morgan fingerprint density at radius 2 is 2.19 bits per heavy atom. The van der Waals surface area contributed by atoms with Gasteiger partial charge in [-0.1, -0.05) is 0 Å². The van der Waals surface area contributed by atoms with E-state index in [9.17, 15) is 4.79 Å². The highest BCUT2D eigenvalue weighted by Gasteiger charge is 2.35. The van der Waals surface area contributed by atoms with E-state index in [1.807, 2.05) is 13.8 Å². The van der Waals surface area contributed by atoms with Crippen LogP contribution in [0, 0.1) is 0 Å². The van der Waals surface area contributed by atoms with E-state index in [1.54, 1.807) is 19.2 Å². The maximum absolute atomic E-state index is 11.1. The Kier molecular flexibility index (Phi) is 2.30. The third-order valence-electron chi connectivity index (χ3n) is 2.66. The zero-order valence-corrected chi connectivity index (χ0v) is 9.53. The number of methoxy groups -OCH3 is 1. The quantitative estimate of drug-likeness (QED) is 0.832. The minimum absolute atomic E-state index is 0.293. The predicted molar refractivity (Wildman–Crippen MR) is 58.4 cm³/mol. The van der Waals surface area contributed by atoms with Gasteiger partial charge in [0.15, 0.2) is 11.5 Å². The van der Waals surface area contributed by atoms with E-state index in [0.29, 0.717) is 23.5 Å². The van der Waals surface area contributed by atoms with Gasteiger partial charge in [0, 0.05) is 12.0 Å². The van der Waals surface area contributed by atoms with Gasteiger partial charge in [0.05, 0.1) is 12.7 Å². The standard InChI is InChI=1S/C12H14O4/c1-12(2)6-8-7(11(13)14)4-5-9(15-3)10(8)16-12/h4-5H,6H2,1-3H3,(H,13,14). The molecule has 1 aromatic rings. The topological polar surface area (TPSA) is 55.8 Å². The van der Waals surface area contributed by atoms with Gasteiger partial charge < -0.3 is 14.6 Å². The minimum atomic E-state index is -0.930. The number of aromatic carboxylic acids is 1. The van der Waals surface area contributed by atoms with Crippen LogP contribution in [0.15, 0.2) is 12.1 Å². The van der Waals surface area contributed by atoms with Crippen molar-refractivity contribution in [1.82, 2.24) is 0 Å². The second-order valence-corrected chi connectivity index (χ2v) is 4.47. The molecule has 16 heavy (non-hydrogen) atoms. The molecule has 1 aromatic carbocycles. The van der Waals surface area contributed by atoms with Gasteiger partial charge in [-0.3, -0.25) is 0 Å². The maximum Gasteiger partial charge on any atom is 0.336 e. The van der Waals surface area contributed by atoms with Crippen LogP contribution in [0.1, 0.15) is 29.8 Å². The molecule has 0 amide bonds. The van der Waals surface area contributed by atoms with Crippen LogP contribution in [0.3, 0.4) is 0 Å². The number of carboxylic acids is 1. The van der Waals surface area contributed by atoms with Crippen molar-refractivity contribution >= 4 is 5.97 Å². The first kappa shape index (κ1) is 10.8. The van der Waals surface area contributed by atoms with Crippen LogP contribution in [0.2, 0.25) is 0 Å². The van der Waals surface area contributed by atoms with E-state index in [2.05, 4.69) is 0 Å². The highest BCUT2D eigenvalue weighted by molar-refractivity contribution is 5.91. The molecule has 0 bridgehead atoms. The van der Waals surface area contributed by atoms with Crippen LogP contribution >= 0.6 is 0 Å². The van der Waals surface area contributed by atoms with E-state index in [4.69, 9.17) is 14.6 Å². The van der Waals surface area contributed by atoms with Gasteiger partial charge in [0.25, 0.3) is 0 Å². The van der Waals surface area contributed by atoms with Crippen LogP contribution in [0.25, 0.3) is 0 Å². The number of hydrogen-bond donors (Lipinski definition) is 1. The molecule has 0 aliphatic carbocycles. The summed E-state index contributed by atoms with van der Waals surface area (Å²) in [5.74, 6) is 0.221. The molecule has 1 N–H and O–H groups in total. The zero-order valence-electron chi connectivity index (χ0n) is 9.53. The summed E-state index contributed by atoms with van der Waals surface area (Å²) < 4.78 is 10.9. The summed E-state index contributed by atoms with van der Waals surface area (Å²) in [4.78, 5) is 11.1. The fourth-order valence-corrected chi connectivity index (χ4v) is 1.99. The molecule has 4 nitrogen and oxygen atoms in total. The molecule has 1 heterocycles. The zero-order chi connectivity index (χ0) is 11.9. The van der Waals surface area contributed by atoms with Gasteiger partial charge in [-0.2, -0.15) is 0 Å². The fourth-order valence-electron chi connectivity index (χ4n) is 1.99. The SMILES string of the molecule is COc1ccc(C(=O)O)c2c1OC(C)(C)C2. The van der Waals surface area contributed by atoms with Crippen molar-refractivity contribution in [2.45, 2.75) is 25.9 Å². The van der Waals surface area contributed by atoms with Crippen molar-refractivity contribution in [2.75, 3.05) is 7.11 Å². The Balaban J connectivity index is 2.59. The molecule has 1 aliphatic heterocycles. The molecule has 4 heteroatoms. The van der Waals surface area contributed by atoms with Crippen molar-refractivity contribution in [3.63, 3.8) is 0 Å². The lowest BCUT2D eigenvalue weighted by Crippen LogP contribution is -2.25. The largest absolute Gasteiger partial charge is 0.493 e. The second-order valence-electron chi connectivity index (χ2n) is 4.47. The summed E-state index contributed by atoms with van der Waals surface area (Å²) in [6.45, 7) is 3.86. The number of ether oxygens (including phenoxy) is 2. The van der Waals surface area contributed by atoms with Gasteiger partial charge in [-0.05, 0) is 26.0 Å². The molecule has 0 atom stereocenters. The number of carbonyl (C=O) groups is 1. The van der Waals surface area contributed by atoms with Crippen molar-refractivity contribution < 1.29 is 19.4 Å². The van der Waals surface area contributed by atoms with Crippen LogP contribution in [-0.2, 0) is 6.42 Å². The van der Waals surface area contributed by atoms with Crippen molar-refractivity contribution in [3.05, 3.63) is 23.3 Å². The molecule has 0 saturated heterocycles. The molecule has 0 unspecified atom stereocenters. The molecular formula is C12H14O4. The van der Waals surface area contributed by atoms with Crippen LogP contribution in [0.4, 0.5) is 0 Å². The lowest BCUT2D eigenvalue weighted by Gasteiger charge is -2.17. The smallest absolute Gasteiger partial charge is 0.336 e. The summed E-state index contributed by atoms with van der Waals surface area (Å²) in [5.41, 5.74) is 0.638. The van der Waals surface area contributed by atoms with Gasteiger partial charge in [0.2, 0.25) is 0 Å². The normalized spacial score (nSPS) is 16.4. The Labute approximate surface area is 93.8 Å². The first-order chi connectivity index (χ1) is 7.44. The molecule has 1 aliphatic rings.